The maximum atomic E-state index is 14.6. The van der Waals surface area contributed by atoms with Crippen LogP contribution in [0.1, 0.15) is 81.1 Å². The Morgan fingerprint density at radius 2 is 1.09 bits per heavy atom. The SMILES string of the molecule is CC(C)(C)c1cc(NC(=O)NCc2ccccc2Sc2ccc3nnc(-c4cc(O)ccc4Cl)n3c2)n(-c2cccc(CN3CCCC3)c2)n1.CSC(C)(C)c1cc(NC(=O)NCc2ccccc2Sc2ccc3nnc(-c4cc(O)ccc4F)n3c2)n(-c2cccc(CN(C)C)c2)n1. The molecule has 13 rings (SSSR count). The Kier molecular flexibility index (Phi) is 21.1. The number of aromatic nitrogens is 10. The number of phenols is 2. The van der Waals surface area contributed by atoms with Crippen molar-refractivity contribution in [1.82, 2.24) is 69.2 Å². The average Bonchev–Trinajstić information content (AvgIpc) is 1.70. The molecule has 1 saturated heterocycles. The van der Waals surface area contributed by atoms with Gasteiger partial charge in [0.05, 0.1) is 38.1 Å². The maximum absolute atomic E-state index is 14.6. The molecule has 0 unspecified atom stereocenters. The number of phenolic OH excluding ortho intramolecular Hbond substituents is 2. The average molecular weight is 1400 g/mol. The van der Waals surface area contributed by atoms with Crippen LogP contribution in [0.3, 0.4) is 0 Å². The number of hydrogen-bond donors (Lipinski definition) is 6. The van der Waals surface area contributed by atoms with Gasteiger partial charge in [-0.2, -0.15) is 22.0 Å². The smallest absolute Gasteiger partial charge is 0.320 e. The van der Waals surface area contributed by atoms with Crippen molar-refractivity contribution in [3.8, 4) is 45.6 Å². The van der Waals surface area contributed by atoms with Crippen molar-refractivity contribution in [3.05, 3.63) is 227 Å². The Hall–Kier alpha value is -9.69. The zero-order valence-corrected chi connectivity index (χ0v) is 59.2. The minimum Gasteiger partial charge on any atom is -0.508 e. The predicted octanol–water partition coefficient (Wildman–Crippen LogP) is 15.9. The van der Waals surface area contributed by atoms with Crippen molar-refractivity contribution < 1.29 is 24.2 Å². The van der Waals surface area contributed by atoms with Gasteiger partial charge in [0, 0.05) is 81.3 Å². The monoisotopic (exact) mass is 1400 g/mol. The number of hydrogen-bond acceptors (Lipinski definition) is 15. The van der Waals surface area contributed by atoms with Gasteiger partial charge in [-0.05, 0) is 179 Å². The number of rotatable bonds is 20. The summed E-state index contributed by atoms with van der Waals surface area (Å²) >= 11 is 11.2. The standard InChI is InChI=1S/C38H39ClN8O2S.C36H37FN8O2S2/c1-38(2,3)33-21-35(47(44-33)27-11-8-9-25(19-27)23-45-17-6-7-18-45)41-37(49)40-22-26-10-4-5-12-32(26)50-29-14-16-34-42-43-36(46(34)24-29)30-20-28(48)13-15-31(30)39;1-36(2,48-5)31-19-33(45(42-31)25-11-8-9-23(17-25)21-43(3)4)39-35(47)38-20-24-10-6-7-12-30(24)49-27-14-16-32-40-41-34(44(32)22-27)28-18-26(46)13-15-29(28)37/h4-5,8-16,19-21,24,48H,6-7,17-18,22-23H2,1-3H3,(H2,40,41,49);6-19,22,46H,20-21H2,1-5H3,(H2,38,39,47). The highest BCUT2D eigenvalue weighted by Crippen LogP contribution is 2.38. The second-order valence-electron chi connectivity index (χ2n) is 25.8. The molecule has 0 radical (unpaired) electrons. The molecular weight excluding hydrogens is 1330 g/mol. The van der Waals surface area contributed by atoms with Crippen LogP contribution in [0.2, 0.25) is 5.02 Å². The van der Waals surface area contributed by atoms with E-state index in [1.165, 1.54) is 54.4 Å². The quantitative estimate of drug-likeness (QED) is 0.0417. The summed E-state index contributed by atoms with van der Waals surface area (Å²) in [5, 5.41) is 59.4. The van der Waals surface area contributed by atoms with Crippen molar-refractivity contribution in [2.24, 2.45) is 0 Å². The van der Waals surface area contributed by atoms with E-state index in [-0.39, 0.29) is 51.7 Å². The van der Waals surface area contributed by atoms with Crippen LogP contribution < -0.4 is 21.3 Å². The first-order valence-corrected chi connectivity index (χ1v) is 35.5. The van der Waals surface area contributed by atoms with Gasteiger partial charge >= 0.3 is 12.1 Å². The van der Waals surface area contributed by atoms with E-state index < -0.39 is 5.82 Å². The number of anilines is 2. The zero-order chi connectivity index (χ0) is 69.5. The van der Waals surface area contributed by atoms with Crippen molar-refractivity contribution >= 4 is 81.9 Å². The van der Waals surface area contributed by atoms with Crippen LogP contribution in [0, 0.1) is 5.82 Å². The van der Waals surface area contributed by atoms with E-state index in [1.54, 1.807) is 50.8 Å². The molecule has 0 saturated carbocycles. The molecule has 7 heterocycles. The summed E-state index contributed by atoms with van der Waals surface area (Å²) in [6.45, 7) is 15.1. The Bertz CT molecular complexity index is 4900. The summed E-state index contributed by atoms with van der Waals surface area (Å²) in [4.78, 5) is 35.1. The number of amides is 4. The Balaban J connectivity index is 0.000000188. The summed E-state index contributed by atoms with van der Waals surface area (Å²) in [7, 11) is 4.06. The number of urea groups is 2. The number of fused-ring (bicyclic) bond motifs is 2. The summed E-state index contributed by atoms with van der Waals surface area (Å²) in [6, 6.07) is 51.7. The van der Waals surface area contributed by atoms with Gasteiger partial charge in [-0.1, -0.05) is 117 Å². The fraction of sp³-hybridized carbons (Fsp3) is 0.243. The van der Waals surface area contributed by atoms with Crippen LogP contribution in [-0.2, 0) is 36.3 Å². The van der Waals surface area contributed by atoms with E-state index in [9.17, 15) is 24.2 Å². The first kappa shape index (κ1) is 69.2. The molecule has 25 heteroatoms. The van der Waals surface area contributed by atoms with E-state index in [0.29, 0.717) is 45.9 Å². The van der Waals surface area contributed by atoms with Gasteiger partial charge in [0.1, 0.15) is 29.0 Å². The second-order valence-corrected chi connectivity index (χ2v) is 29.8. The number of carbonyl (C=O) groups excluding carboxylic acids is 2. The predicted molar refractivity (Wildman–Crippen MR) is 392 cm³/mol. The molecule has 0 bridgehead atoms. The number of nitrogens with one attached hydrogen (secondary N) is 4. The molecule has 0 aliphatic carbocycles. The third kappa shape index (κ3) is 16.7. The number of carbonyl (C=O) groups is 2. The maximum Gasteiger partial charge on any atom is 0.320 e. The molecule has 508 valence electrons. The molecule has 99 heavy (non-hydrogen) atoms. The van der Waals surface area contributed by atoms with E-state index in [1.807, 2.05) is 139 Å². The van der Waals surface area contributed by atoms with Gasteiger partial charge in [-0.15, -0.1) is 20.4 Å². The summed E-state index contributed by atoms with van der Waals surface area (Å²) in [5.41, 5.74) is 9.49. The molecule has 4 amide bonds. The number of thioether (sulfide) groups is 1. The Morgan fingerprint density at radius 1 is 0.586 bits per heavy atom. The molecule has 1 aliphatic rings. The molecule has 1 aliphatic heterocycles. The lowest BCUT2D eigenvalue weighted by Crippen LogP contribution is -2.29. The normalized spacial score (nSPS) is 12.7. The van der Waals surface area contributed by atoms with E-state index in [0.717, 1.165) is 85.2 Å². The number of pyridine rings is 2. The molecule has 20 nitrogen and oxygen atoms in total. The number of likely N-dealkylation sites (tertiary alicyclic amines) is 1. The molecule has 1 fully saturated rings. The lowest BCUT2D eigenvalue weighted by Gasteiger charge is -2.18. The molecule has 6 aromatic heterocycles. The van der Waals surface area contributed by atoms with Gasteiger partial charge in [-0.25, -0.2) is 23.3 Å². The number of benzene rings is 6. The summed E-state index contributed by atoms with van der Waals surface area (Å²) < 4.78 is 21.5. The summed E-state index contributed by atoms with van der Waals surface area (Å²) in [5.74, 6) is 1.52. The van der Waals surface area contributed by atoms with Crippen LogP contribution in [0.15, 0.2) is 202 Å². The van der Waals surface area contributed by atoms with Gasteiger partial charge in [0.25, 0.3) is 0 Å². The lowest BCUT2D eigenvalue weighted by atomic mass is 9.92. The highest BCUT2D eigenvalue weighted by Gasteiger charge is 2.27. The van der Waals surface area contributed by atoms with E-state index >= 15 is 0 Å². The van der Waals surface area contributed by atoms with E-state index in [4.69, 9.17) is 21.8 Å². The highest BCUT2D eigenvalue weighted by atomic mass is 35.5. The first-order valence-electron chi connectivity index (χ1n) is 32.2. The van der Waals surface area contributed by atoms with Crippen molar-refractivity contribution in [3.63, 3.8) is 0 Å². The molecule has 0 spiro atoms. The summed E-state index contributed by atoms with van der Waals surface area (Å²) in [6.07, 6.45) is 8.32. The van der Waals surface area contributed by atoms with Crippen LogP contribution in [0.25, 0.3) is 45.4 Å². The molecule has 6 N–H and O–H groups in total. The number of nitrogens with zero attached hydrogens (tertiary/aromatic N) is 12. The zero-order valence-electron chi connectivity index (χ0n) is 56.0. The molecule has 6 aromatic carbocycles. The lowest BCUT2D eigenvalue weighted by molar-refractivity contribution is 0.250. The van der Waals surface area contributed by atoms with E-state index in [2.05, 4.69) is 116 Å². The van der Waals surface area contributed by atoms with Gasteiger partial charge in [-0.3, -0.25) is 24.3 Å². The minimum atomic E-state index is -0.509. The Morgan fingerprint density at radius 3 is 1.65 bits per heavy atom. The third-order valence-electron chi connectivity index (χ3n) is 16.6. The van der Waals surface area contributed by atoms with Crippen LogP contribution in [0.5, 0.6) is 11.5 Å². The largest absolute Gasteiger partial charge is 0.508 e. The van der Waals surface area contributed by atoms with Crippen LogP contribution in [-0.4, -0.2) is 114 Å². The molecular formula is C74H76ClFN16O4S3. The fourth-order valence-electron chi connectivity index (χ4n) is 11.3. The number of aromatic hydroxyl groups is 2. The highest BCUT2D eigenvalue weighted by molar-refractivity contribution is 8.00. The topological polar surface area (TPSA) is 225 Å². The third-order valence-corrected chi connectivity index (χ3v) is 20.4. The van der Waals surface area contributed by atoms with Gasteiger partial charge < -0.3 is 25.7 Å². The number of halogens is 2. The molecule has 0 atom stereocenters. The Labute approximate surface area is 591 Å². The van der Waals surface area contributed by atoms with Crippen LogP contribution >= 0.6 is 46.9 Å². The van der Waals surface area contributed by atoms with Crippen molar-refractivity contribution in [2.45, 2.75) is 103 Å². The fourth-order valence-corrected chi connectivity index (χ4v) is 13.7. The van der Waals surface area contributed by atoms with Crippen molar-refractivity contribution in [2.75, 3.05) is 44.1 Å². The van der Waals surface area contributed by atoms with Gasteiger partial charge in [0.2, 0.25) is 0 Å². The van der Waals surface area contributed by atoms with Gasteiger partial charge in [0.15, 0.2) is 22.9 Å². The second kappa shape index (κ2) is 30.2. The van der Waals surface area contributed by atoms with Crippen LogP contribution in [0.4, 0.5) is 25.6 Å². The minimum absolute atomic E-state index is 0.0629. The first-order chi connectivity index (χ1) is 47.6. The molecule has 12 aromatic rings. The van der Waals surface area contributed by atoms with Crippen molar-refractivity contribution in [1.29, 1.82) is 0 Å².